The fourth-order valence-electron chi connectivity index (χ4n) is 1.75. The van der Waals surface area contributed by atoms with Gasteiger partial charge in [-0.2, -0.15) is 0 Å². The lowest BCUT2D eigenvalue weighted by atomic mass is 10.1. The van der Waals surface area contributed by atoms with Gasteiger partial charge in [-0.1, -0.05) is 54.1 Å². The molecule has 0 unspecified atom stereocenters. The predicted octanol–water partition coefficient (Wildman–Crippen LogP) is 3.56. The number of hydrogen-bond acceptors (Lipinski definition) is 2. The maximum atomic E-state index is 5.86. The number of halogens is 1. The van der Waals surface area contributed by atoms with Gasteiger partial charge in [-0.05, 0) is 23.3 Å². The molecule has 94 valence electrons. The summed E-state index contributed by atoms with van der Waals surface area (Å²) in [5.41, 5.74) is 7.95. The Labute approximate surface area is 112 Å². The highest BCUT2D eigenvalue weighted by atomic mass is 35.5. The van der Waals surface area contributed by atoms with Crippen molar-refractivity contribution in [2.75, 3.05) is 6.54 Å². The van der Waals surface area contributed by atoms with Crippen molar-refractivity contribution in [3.8, 4) is 0 Å². The van der Waals surface area contributed by atoms with E-state index in [4.69, 9.17) is 22.1 Å². The van der Waals surface area contributed by atoms with Crippen LogP contribution in [0.1, 0.15) is 17.2 Å². The lowest BCUT2D eigenvalue weighted by Crippen LogP contribution is -2.15. The molecule has 3 heteroatoms. The SMILES string of the molecule is NC[C@H](OCc1ccccc1)c1ccc(Cl)cc1. The van der Waals surface area contributed by atoms with Crippen molar-refractivity contribution >= 4 is 11.6 Å². The first-order valence-corrected chi connectivity index (χ1v) is 6.28. The topological polar surface area (TPSA) is 35.2 Å². The molecule has 0 aromatic heterocycles. The van der Waals surface area contributed by atoms with Crippen LogP contribution in [0.25, 0.3) is 0 Å². The minimum Gasteiger partial charge on any atom is -0.368 e. The quantitative estimate of drug-likeness (QED) is 0.893. The molecule has 2 nitrogen and oxygen atoms in total. The van der Waals surface area contributed by atoms with Crippen molar-refractivity contribution in [2.24, 2.45) is 5.73 Å². The maximum absolute atomic E-state index is 5.86. The van der Waals surface area contributed by atoms with Gasteiger partial charge in [0.2, 0.25) is 0 Å². The number of nitrogens with two attached hydrogens (primary N) is 1. The van der Waals surface area contributed by atoms with Crippen molar-refractivity contribution in [1.82, 2.24) is 0 Å². The average molecular weight is 262 g/mol. The molecule has 0 saturated heterocycles. The predicted molar refractivity (Wildman–Crippen MR) is 74.5 cm³/mol. The minimum absolute atomic E-state index is 0.0949. The number of rotatable bonds is 5. The van der Waals surface area contributed by atoms with Crippen LogP contribution in [0, 0.1) is 0 Å². The van der Waals surface area contributed by atoms with Crippen molar-refractivity contribution in [2.45, 2.75) is 12.7 Å². The molecule has 0 aliphatic heterocycles. The third-order valence-corrected chi connectivity index (χ3v) is 3.00. The van der Waals surface area contributed by atoms with Crippen molar-refractivity contribution in [1.29, 1.82) is 0 Å². The molecule has 2 aromatic rings. The van der Waals surface area contributed by atoms with Gasteiger partial charge in [0, 0.05) is 11.6 Å². The van der Waals surface area contributed by atoms with E-state index in [0.717, 1.165) is 16.1 Å². The second-order valence-electron chi connectivity index (χ2n) is 4.07. The molecular formula is C15H16ClNO. The molecule has 0 heterocycles. The van der Waals surface area contributed by atoms with Crippen molar-refractivity contribution in [3.63, 3.8) is 0 Å². The lowest BCUT2D eigenvalue weighted by Gasteiger charge is -2.16. The largest absolute Gasteiger partial charge is 0.368 e. The zero-order valence-corrected chi connectivity index (χ0v) is 10.8. The van der Waals surface area contributed by atoms with Crippen LogP contribution in [-0.2, 0) is 11.3 Å². The molecular weight excluding hydrogens is 246 g/mol. The summed E-state index contributed by atoms with van der Waals surface area (Å²) in [4.78, 5) is 0. The van der Waals surface area contributed by atoms with Crippen molar-refractivity contribution in [3.05, 3.63) is 70.7 Å². The Balaban J connectivity index is 1.99. The molecule has 0 spiro atoms. The van der Waals surface area contributed by atoms with Gasteiger partial charge in [0.25, 0.3) is 0 Å². The molecule has 0 radical (unpaired) electrons. The Morgan fingerprint density at radius 3 is 2.28 bits per heavy atom. The lowest BCUT2D eigenvalue weighted by molar-refractivity contribution is 0.0456. The summed E-state index contributed by atoms with van der Waals surface area (Å²) < 4.78 is 5.84. The van der Waals surface area contributed by atoms with Crippen LogP contribution in [0.2, 0.25) is 5.02 Å². The normalized spacial score (nSPS) is 12.3. The van der Waals surface area contributed by atoms with Crippen LogP contribution in [-0.4, -0.2) is 6.54 Å². The highest BCUT2D eigenvalue weighted by molar-refractivity contribution is 6.30. The third-order valence-electron chi connectivity index (χ3n) is 2.75. The van der Waals surface area contributed by atoms with Gasteiger partial charge < -0.3 is 10.5 Å². The van der Waals surface area contributed by atoms with Gasteiger partial charge in [-0.3, -0.25) is 0 Å². The zero-order chi connectivity index (χ0) is 12.8. The van der Waals surface area contributed by atoms with E-state index >= 15 is 0 Å². The maximum Gasteiger partial charge on any atom is 0.0951 e. The fourth-order valence-corrected chi connectivity index (χ4v) is 1.87. The second-order valence-corrected chi connectivity index (χ2v) is 4.51. The number of ether oxygens (including phenoxy) is 1. The number of hydrogen-bond donors (Lipinski definition) is 1. The van der Waals surface area contributed by atoms with Gasteiger partial charge in [-0.25, -0.2) is 0 Å². The van der Waals surface area contributed by atoms with E-state index < -0.39 is 0 Å². The summed E-state index contributed by atoms with van der Waals surface area (Å²) in [5.74, 6) is 0. The Hall–Kier alpha value is -1.35. The van der Waals surface area contributed by atoms with E-state index in [1.165, 1.54) is 0 Å². The molecule has 0 aliphatic carbocycles. The van der Waals surface area contributed by atoms with Crippen LogP contribution < -0.4 is 5.73 Å². The van der Waals surface area contributed by atoms with E-state index in [2.05, 4.69) is 0 Å². The summed E-state index contributed by atoms with van der Waals surface area (Å²) in [6.45, 7) is 1.01. The Bertz CT molecular complexity index is 470. The van der Waals surface area contributed by atoms with Crippen molar-refractivity contribution < 1.29 is 4.74 Å². The molecule has 0 fully saturated rings. The van der Waals surface area contributed by atoms with Gasteiger partial charge in [0.05, 0.1) is 12.7 Å². The van der Waals surface area contributed by atoms with Crippen LogP contribution in [0.3, 0.4) is 0 Å². The van der Waals surface area contributed by atoms with Crippen LogP contribution in [0.15, 0.2) is 54.6 Å². The molecule has 2 rings (SSSR count). The second kappa shape index (κ2) is 6.55. The first kappa shape index (κ1) is 13.1. The molecule has 0 saturated carbocycles. The molecule has 2 aromatic carbocycles. The minimum atomic E-state index is -0.0949. The Morgan fingerprint density at radius 1 is 1.00 bits per heavy atom. The van der Waals surface area contributed by atoms with Crippen LogP contribution in [0.4, 0.5) is 0 Å². The van der Waals surface area contributed by atoms with Gasteiger partial charge in [-0.15, -0.1) is 0 Å². The molecule has 1 atom stereocenters. The molecule has 0 amide bonds. The highest BCUT2D eigenvalue weighted by Crippen LogP contribution is 2.20. The van der Waals surface area contributed by atoms with Crippen LogP contribution >= 0.6 is 11.6 Å². The molecule has 0 aliphatic rings. The molecule has 2 N–H and O–H groups in total. The monoisotopic (exact) mass is 261 g/mol. The van der Waals surface area contributed by atoms with Gasteiger partial charge in [0.1, 0.15) is 0 Å². The summed E-state index contributed by atoms with van der Waals surface area (Å²) in [6, 6.07) is 17.7. The third kappa shape index (κ3) is 3.57. The summed E-state index contributed by atoms with van der Waals surface area (Å²) in [7, 11) is 0. The van der Waals surface area contributed by atoms with Gasteiger partial charge >= 0.3 is 0 Å². The number of benzene rings is 2. The van der Waals surface area contributed by atoms with E-state index in [9.17, 15) is 0 Å². The first-order chi connectivity index (χ1) is 8.79. The average Bonchev–Trinajstić information content (AvgIpc) is 2.42. The Morgan fingerprint density at radius 2 is 1.67 bits per heavy atom. The molecule has 18 heavy (non-hydrogen) atoms. The van der Waals surface area contributed by atoms with E-state index in [1.54, 1.807) is 0 Å². The summed E-state index contributed by atoms with van der Waals surface area (Å²) in [6.07, 6.45) is -0.0949. The standard InChI is InChI=1S/C15H16ClNO/c16-14-8-6-13(7-9-14)15(10-17)18-11-12-4-2-1-3-5-12/h1-9,15H,10-11,17H2/t15-/m0/s1. The van der Waals surface area contributed by atoms with E-state index in [-0.39, 0.29) is 6.10 Å². The highest BCUT2D eigenvalue weighted by Gasteiger charge is 2.09. The van der Waals surface area contributed by atoms with Gasteiger partial charge in [0.15, 0.2) is 0 Å². The smallest absolute Gasteiger partial charge is 0.0951 e. The summed E-state index contributed by atoms with van der Waals surface area (Å²) in [5, 5.41) is 0.720. The summed E-state index contributed by atoms with van der Waals surface area (Å²) >= 11 is 5.86. The zero-order valence-electron chi connectivity index (χ0n) is 10.1. The Kier molecular flexibility index (Phi) is 4.76. The molecule has 0 bridgehead atoms. The van der Waals surface area contributed by atoms with Crippen LogP contribution in [0.5, 0.6) is 0 Å². The fraction of sp³-hybridized carbons (Fsp3) is 0.200. The van der Waals surface area contributed by atoms with E-state index in [0.29, 0.717) is 13.2 Å². The van der Waals surface area contributed by atoms with E-state index in [1.807, 2.05) is 54.6 Å². The first-order valence-electron chi connectivity index (χ1n) is 5.90.